The molecule has 0 radical (unpaired) electrons. The molecule has 0 spiro atoms. The number of hydrogen-bond donors (Lipinski definition) is 3. The summed E-state index contributed by atoms with van der Waals surface area (Å²) < 4.78 is 13.6. The molecule has 6 nitrogen and oxygen atoms in total. The average molecular weight is 314 g/mol. The Balaban J connectivity index is -0.0000000973. The van der Waals surface area contributed by atoms with Crippen molar-refractivity contribution in [3.05, 3.63) is 0 Å². The maximum atomic E-state index is 8.40. The van der Waals surface area contributed by atoms with E-state index in [0.29, 0.717) is 6.61 Å². The third-order valence-corrected chi connectivity index (χ3v) is 1.88. The topological polar surface area (TPSA) is 88.4 Å². The van der Waals surface area contributed by atoms with Crippen molar-refractivity contribution in [1.29, 1.82) is 0 Å². The van der Waals surface area contributed by atoms with E-state index in [1.54, 1.807) is 14.2 Å². The van der Waals surface area contributed by atoms with E-state index in [-0.39, 0.29) is 32.0 Å². The van der Waals surface area contributed by atoms with Crippen LogP contribution in [0.1, 0.15) is 40.5 Å². The van der Waals surface area contributed by atoms with Crippen molar-refractivity contribution in [2.24, 2.45) is 5.92 Å². The number of aliphatic hydroxyl groups is 3. The minimum absolute atomic E-state index is 0.0417. The van der Waals surface area contributed by atoms with E-state index in [1.165, 1.54) is 13.5 Å². The highest BCUT2D eigenvalue weighted by Gasteiger charge is 1.97. The molecule has 0 aromatic heterocycles. The van der Waals surface area contributed by atoms with Crippen molar-refractivity contribution in [3.8, 4) is 0 Å². The average Bonchev–Trinajstić information content (AvgIpc) is 2.51. The van der Waals surface area contributed by atoms with Gasteiger partial charge >= 0.3 is 0 Å². The molecule has 6 heteroatoms. The Labute approximate surface area is 131 Å². The largest absolute Gasteiger partial charge is 0.396 e. The predicted molar refractivity (Wildman–Crippen MR) is 86.4 cm³/mol. The Morgan fingerprint density at radius 1 is 0.857 bits per heavy atom. The van der Waals surface area contributed by atoms with E-state index in [4.69, 9.17) is 24.8 Å². The SMILES string of the molecule is CCC.CCC(CO)OC.COCC(C)CO.COCO. The molecule has 0 aliphatic rings. The molecule has 0 saturated heterocycles. The van der Waals surface area contributed by atoms with Gasteiger partial charge in [-0.05, 0) is 6.42 Å². The van der Waals surface area contributed by atoms with Crippen molar-refractivity contribution in [2.45, 2.75) is 46.6 Å². The lowest BCUT2D eigenvalue weighted by molar-refractivity contribution is 0.0325. The molecular formula is C15H38O6. The molecule has 0 amide bonds. The molecule has 0 bridgehead atoms. The Morgan fingerprint density at radius 2 is 1.29 bits per heavy atom. The van der Waals surface area contributed by atoms with Crippen LogP contribution in [0.4, 0.5) is 0 Å². The molecule has 0 saturated carbocycles. The molecule has 21 heavy (non-hydrogen) atoms. The van der Waals surface area contributed by atoms with Crippen molar-refractivity contribution in [1.82, 2.24) is 0 Å². The van der Waals surface area contributed by atoms with Crippen LogP contribution in [-0.4, -0.2) is 69.4 Å². The van der Waals surface area contributed by atoms with Gasteiger partial charge < -0.3 is 29.5 Å². The standard InChI is InChI=1S/2C5H12O2.C3H8.C2H6O2/c1-5(3-6)4-7-2;1-3-5(4-6)7-2;1-3-2;1-4-2-3/h2*5-6H,3-4H2,1-2H3;3H2,1-2H3;3H,2H2,1H3. The number of hydrogen-bond acceptors (Lipinski definition) is 6. The summed E-state index contributed by atoms with van der Waals surface area (Å²) in [6.07, 6.45) is 2.17. The normalized spacial score (nSPS) is 11.7. The quantitative estimate of drug-likeness (QED) is 0.619. The van der Waals surface area contributed by atoms with Crippen LogP contribution in [0.5, 0.6) is 0 Å². The monoisotopic (exact) mass is 314 g/mol. The van der Waals surface area contributed by atoms with Gasteiger partial charge in [0, 0.05) is 33.9 Å². The van der Waals surface area contributed by atoms with Gasteiger partial charge in [0.2, 0.25) is 0 Å². The molecule has 2 atom stereocenters. The van der Waals surface area contributed by atoms with Gasteiger partial charge in [-0.15, -0.1) is 0 Å². The van der Waals surface area contributed by atoms with Gasteiger partial charge in [0.1, 0.15) is 6.79 Å². The van der Waals surface area contributed by atoms with Crippen molar-refractivity contribution in [3.63, 3.8) is 0 Å². The Morgan fingerprint density at radius 3 is 1.33 bits per heavy atom. The highest BCUT2D eigenvalue weighted by atomic mass is 16.6. The van der Waals surface area contributed by atoms with Gasteiger partial charge in [0.15, 0.2) is 0 Å². The second kappa shape index (κ2) is 31.9. The molecule has 0 fully saturated rings. The molecule has 0 aromatic rings. The van der Waals surface area contributed by atoms with Gasteiger partial charge in [0.25, 0.3) is 0 Å². The Hall–Kier alpha value is -0.240. The maximum Gasteiger partial charge on any atom is 0.143 e. The molecule has 0 aliphatic heterocycles. The molecule has 3 N–H and O–H groups in total. The fraction of sp³-hybridized carbons (Fsp3) is 1.00. The van der Waals surface area contributed by atoms with Crippen LogP contribution in [-0.2, 0) is 14.2 Å². The summed E-state index contributed by atoms with van der Waals surface area (Å²) in [6, 6.07) is 0. The maximum absolute atomic E-state index is 8.40. The summed E-state index contributed by atoms with van der Waals surface area (Å²) >= 11 is 0. The summed E-state index contributed by atoms with van der Waals surface area (Å²) in [5.41, 5.74) is 0. The van der Waals surface area contributed by atoms with E-state index >= 15 is 0 Å². The first kappa shape index (κ1) is 28.9. The van der Waals surface area contributed by atoms with Crippen LogP contribution in [0.15, 0.2) is 0 Å². The van der Waals surface area contributed by atoms with E-state index < -0.39 is 0 Å². The van der Waals surface area contributed by atoms with E-state index in [1.807, 2.05) is 13.8 Å². The van der Waals surface area contributed by atoms with Crippen LogP contribution in [0.25, 0.3) is 0 Å². The first-order chi connectivity index (χ1) is 9.98. The molecule has 0 heterocycles. The van der Waals surface area contributed by atoms with Crippen LogP contribution < -0.4 is 0 Å². The molecule has 0 aliphatic carbocycles. The molecular weight excluding hydrogens is 276 g/mol. The van der Waals surface area contributed by atoms with Crippen molar-refractivity contribution >= 4 is 0 Å². The molecule has 0 aromatic carbocycles. The van der Waals surface area contributed by atoms with E-state index in [0.717, 1.165) is 6.42 Å². The van der Waals surface area contributed by atoms with E-state index in [2.05, 4.69) is 18.6 Å². The summed E-state index contributed by atoms with van der Waals surface area (Å²) in [6.45, 7) is 8.98. The number of rotatable bonds is 7. The molecule has 134 valence electrons. The van der Waals surface area contributed by atoms with Crippen LogP contribution in [0, 0.1) is 5.92 Å². The second-order valence-electron chi connectivity index (χ2n) is 4.32. The van der Waals surface area contributed by atoms with Gasteiger partial charge in [-0.25, -0.2) is 0 Å². The van der Waals surface area contributed by atoms with Crippen LogP contribution >= 0.6 is 0 Å². The fourth-order valence-electron chi connectivity index (χ4n) is 0.708. The van der Waals surface area contributed by atoms with Crippen LogP contribution in [0.3, 0.4) is 0 Å². The Kier molecular flexibility index (Phi) is 43.9. The number of aliphatic hydroxyl groups excluding tert-OH is 3. The third kappa shape index (κ3) is 45.1. The predicted octanol–water partition coefficient (Wildman–Crippen LogP) is 1.66. The van der Waals surface area contributed by atoms with Gasteiger partial charge in [-0.1, -0.05) is 34.1 Å². The van der Waals surface area contributed by atoms with Crippen molar-refractivity contribution in [2.75, 3.05) is 47.9 Å². The first-order valence-electron chi connectivity index (χ1n) is 7.32. The number of methoxy groups -OCH3 is 3. The molecule has 0 rings (SSSR count). The second-order valence-corrected chi connectivity index (χ2v) is 4.32. The third-order valence-electron chi connectivity index (χ3n) is 1.88. The highest BCUT2D eigenvalue weighted by molar-refractivity contribution is 4.47. The summed E-state index contributed by atoms with van der Waals surface area (Å²) in [5, 5.41) is 24.4. The lowest BCUT2D eigenvalue weighted by Crippen LogP contribution is -2.13. The van der Waals surface area contributed by atoms with Gasteiger partial charge in [-0.2, -0.15) is 0 Å². The summed E-state index contributed by atoms with van der Waals surface area (Å²) in [4.78, 5) is 0. The van der Waals surface area contributed by atoms with Crippen molar-refractivity contribution < 1.29 is 29.5 Å². The minimum atomic E-state index is -0.181. The van der Waals surface area contributed by atoms with Gasteiger partial charge in [-0.3, -0.25) is 0 Å². The lowest BCUT2D eigenvalue weighted by atomic mass is 10.2. The van der Waals surface area contributed by atoms with Crippen LogP contribution in [0.2, 0.25) is 0 Å². The zero-order chi connectivity index (χ0) is 17.5. The first-order valence-corrected chi connectivity index (χ1v) is 7.32. The zero-order valence-corrected chi connectivity index (χ0v) is 15.0. The van der Waals surface area contributed by atoms with E-state index in [9.17, 15) is 0 Å². The summed E-state index contributed by atoms with van der Waals surface area (Å²) in [7, 11) is 4.66. The number of ether oxygens (including phenoxy) is 3. The smallest absolute Gasteiger partial charge is 0.143 e. The zero-order valence-electron chi connectivity index (χ0n) is 15.0. The lowest BCUT2D eigenvalue weighted by Gasteiger charge is -2.06. The summed E-state index contributed by atoms with van der Waals surface area (Å²) in [5.74, 6) is 0.282. The minimum Gasteiger partial charge on any atom is -0.396 e. The highest BCUT2D eigenvalue weighted by Crippen LogP contribution is 1.91. The fourth-order valence-corrected chi connectivity index (χ4v) is 0.708. The van der Waals surface area contributed by atoms with Gasteiger partial charge in [0.05, 0.1) is 19.3 Å². The molecule has 2 unspecified atom stereocenters. The Bertz CT molecular complexity index is 124.